The molecule has 1 aromatic heterocycles. The van der Waals surface area contributed by atoms with E-state index in [1.165, 1.54) is 24.3 Å². The fourth-order valence-electron chi connectivity index (χ4n) is 1.36. The molecule has 2 aromatic rings. The van der Waals surface area contributed by atoms with Gasteiger partial charge in [0.15, 0.2) is 0 Å². The van der Waals surface area contributed by atoms with E-state index < -0.39 is 10.9 Å². The summed E-state index contributed by atoms with van der Waals surface area (Å²) >= 11 is 0. The molecule has 0 aliphatic heterocycles. The predicted octanol–water partition coefficient (Wildman–Crippen LogP) is 0.328. The van der Waals surface area contributed by atoms with Gasteiger partial charge in [0, 0.05) is 12.1 Å². The number of hydrogen-bond acceptors (Lipinski definition) is 6. The minimum Gasteiger partial charge on any atom is -0.475 e. The Kier molecular flexibility index (Phi) is 2.96. The maximum absolute atomic E-state index is 10.8. The molecule has 9 nitrogen and oxygen atoms in total. The number of aromatic nitrogens is 4. The van der Waals surface area contributed by atoms with E-state index in [9.17, 15) is 14.9 Å². The standard InChI is InChI=1S/C9H7N5O4/c15-9(16)8-10-11-12-13(8)5-6-1-3-7(4-2-6)14(17)18/h1-4H,5H2,(H,15,16). The summed E-state index contributed by atoms with van der Waals surface area (Å²) in [5.74, 6) is -1.52. The first-order valence-corrected chi connectivity index (χ1v) is 4.80. The molecule has 18 heavy (non-hydrogen) atoms. The van der Waals surface area contributed by atoms with Gasteiger partial charge in [-0.25, -0.2) is 9.48 Å². The summed E-state index contributed by atoms with van der Waals surface area (Å²) < 4.78 is 1.10. The van der Waals surface area contributed by atoms with Crippen molar-refractivity contribution in [1.82, 2.24) is 20.2 Å². The van der Waals surface area contributed by atoms with Gasteiger partial charge in [-0.1, -0.05) is 12.1 Å². The lowest BCUT2D eigenvalue weighted by atomic mass is 10.2. The van der Waals surface area contributed by atoms with Gasteiger partial charge in [0.2, 0.25) is 0 Å². The maximum Gasteiger partial charge on any atom is 0.375 e. The summed E-state index contributed by atoms with van der Waals surface area (Å²) in [5, 5.41) is 29.4. The number of benzene rings is 1. The second-order valence-electron chi connectivity index (χ2n) is 3.39. The second kappa shape index (κ2) is 4.57. The molecule has 92 valence electrons. The first-order chi connectivity index (χ1) is 8.58. The predicted molar refractivity (Wildman–Crippen MR) is 57.0 cm³/mol. The maximum atomic E-state index is 10.8. The summed E-state index contributed by atoms with van der Waals surface area (Å²) in [5.41, 5.74) is 0.629. The number of carbonyl (C=O) groups is 1. The van der Waals surface area contributed by atoms with Crippen LogP contribution in [0, 0.1) is 10.1 Å². The number of carboxylic acid groups (broad SMARTS) is 1. The summed E-state index contributed by atoms with van der Waals surface area (Å²) in [6.45, 7) is 0.132. The molecule has 0 aliphatic carbocycles. The first-order valence-electron chi connectivity index (χ1n) is 4.80. The van der Waals surface area contributed by atoms with Crippen LogP contribution in [0.5, 0.6) is 0 Å². The molecular weight excluding hydrogens is 242 g/mol. The van der Waals surface area contributed by atoms with Crippen LogP contribution in [0.2, 0.25) is 0 Å². The van der Waals surface area contributed by atoms with Crippen LogP contribution in [0.4, 0.5) is 5.69 Å². The molecule has 1 heterocycles. The van der Waals surface area contributed by atoms with Crippen LogP contribution >= 0.6 is 0 Å². The van der Waals surface area contributed by atoms with Gasteiger partial charge in [-0.3, -0.25) is 10.1 Å². The quantitative estimate of drug-likeness (QED) is 0.611. The van der Waals surface area contributed by atoms with Crippen molar-refractivity contribution in [3.63, 3.8) is 0 Å². The summed E-state index contributed by atoms with van der Waals surface area (Å²) in [4.78, 5) is 20.7. The van der Waals surface area contributed by atoms with Gasteiger partial charge >= 0.3 is 5.97 Å². The number of non-ortho nitro benzene ring substituents is 1. The Labute approximate surface area is 99.8 Å². The minimum absolute atomic E-state index is 0.0334. The fourth-order valence-corrected chi connectivity index (χ4v) is 1.36. The van der Waals surface area contributed by atoms with E-state index in [0.29, 0.717) is 5.56 Å². The molecule has 0 radical (unpaired) electrons. The highest BCUT2D eigenvalue weighted by Gasteiger charge is 2.14. The number of nitrogens with zero attached hydrogens (tertiary/aromatic N) is 5. The Morgan fingerprint density at radius 1 is 1.39 bits per heavy atom. The van der Waals surface area contributed by atoms with Crippen molar-refractivity contribution in [3.05, 3.63) is 45.8 Å². The van der Waals surface area contributed by atoms with Gasteiger partial charge in [-0.15, -0.1) is 5.10 Å². The van der Waals surface area contributed by atoms with Crippen LogP contribution in [-0.4, -0.2) is 36.2 Å². The zero-order chi connectivity index (χ0) is 13.1. The van der Waals surface area contributed by atoms with E-state index in [1.807, 2.05) is 0 Å². The average Bonchev–Trinajstić information content (AvgIpc) is 2.78. The highest BCUT2D eigenvalue weighted by molar-refractivity contribution is 5.83. The lowest BCUT2D eigenvalue weighted by Crippen LogP contribution is -2.12. The number of aromatic carboxylic acids is 1. The summed E-state index contributed by atoms with van der Waals surface area (Å²) in [7, 11) is 0. The molecule has 0 aliphatic rings. The van der Waals surface area contributed by atoms with E-state index in [2.05, 4.69) is 15.5 Å². The first kappa shape index (κ1) is 11.6. The summed E-state index contributed by atoms with van der Waals surface area (Å²) in [6.07, 6.45) is 0. The molecule has 0 unspecified atom stereocenters. The molecular formula is C9H7N5O4. The molecule has 0 bridgehead atoms. The van der Waals surface area contributed by atoms with Crippen molar-refractivity contribution in [2.45, 2.75) is 6.54 Å². The third kappa shape index (κ3) is 2.29. The van der Waals surface area contributed by atoms with Crippen molar-refractivity contribution in [1.29, 1.82) is 0 Å². The van der Waals surface area contributed by atoms with Crippen LogP contribution in [0.3, 0.4) is 0 Å². The van der Waals surface area contributed by atoms with E-state index in [1.54, 1.807) is 0 Å². The molecule has 0 amide bonds. The van der Waals surface area contributed by atoms with Crippen LogP contribution in [0.25, 0.3) is 0 Å². The van der Waals surface area contributed by atoms with E-state index in [0.717, 1.165) is 4.68 Å². The zero-order valence-corrected chi connectivity index (χ0v) is 8.92. The number of hydrogen-bond donors (Lipinski definition) is 1. The lowest BCUT2D eigenvalue weighted by Gasteiger charge is -2.01. The molecule has 9 heteroatoms. The molecule has 0 saturated heterocycles. The van der Waals surface area contributed by atoms with Crippen LogP contribution in [0.1, 0.15) is 16.2 Å². The number of carboxylic acids is 1. The zero-order valence-electron chi connectivity index (χ0n) is 8.92. The highest BCUT2D eigenvalue weighted by atomic mass is 16.6. The average molecular weight is 249 g/mol. The number of nitro benzene ring substituents is 1. The van der Waals surface area contributed by atoms with Crippen molar-refractivity contribution in [3.8, 4) is 0 Å². The normalized spacial score (nSPS) is 10.2. The lowest BCUT2D eigenvalue weighted by molar-refractivity contribution is -0.384. The van der Waals surface area contributed by atoms with Gasteiger partial charge in [0.1, 0.15) is 0 Å². The third-order valence-electron chi connectivity index (χ3n) is 2.20. The Morgan fingerprint density at radius 2 is 2.06 bits per heavy atom. The SMILES string of the molecule is O=C(O)c1nnnn1Cc1ccc([N+](=O)[O-])cc1. The van der Waals surface area contributed by atoms with Crippen molar-refractivity contribution < 1.29 is 14.8 Å². The molecule has 0 saturated carbocycles. The smallest absolute Gasteiger partial charge is 0.375 e. The van der Waals surface area contributed by atoms with E-state index in [-0.39, 0.29) is 18.1 Å². The van der Waals surface area contributed by atoms with Crippen LogP contribution < -0.4 is 0 Å². The van der Waals surface area contributed by atoms with Crippen LogP contribution in [-0.2, 0) is 6.54 Å². The Bertz CT molecular complexity index is 591. The molecule has 1 N–H and O–H groups in total. The second-order valence-corrected chi connectivity index (χ2v) is 3.39. The highest BCUT2D eigenvalue weighted by Crippen LogP contribution is 2.12. The Hall–Kier alpha value is -2.84. The fraction of sp³-hybridized carbons (Fsp3) is 0.111. The molecule has 2 rings (SSSR count). The molecule has 0 fully saturated rings. The van der Waals surface area contributed by atoms with Crippen LogP contribution in [0.15, 0.2) is 24.3 Å². The third-order valence-corrected chi connectivity index (χ3v) is 2.20. The van der Waals surface area contributed by atoms with Gasteiger partial charge < -0.3 is 5.11 Å². The largest absolute Gasteiger partial charge is 0.475 e. The molecule has 0 spiro atoms. The Morgan fingerprint density at radius 3 is 2.61 bits per heavy atom. The van der Waals surface area contributed by atoms with Gasteiger partial charge in [-0.05, 0) is 16.0 Å². The van der Waals surface area contributed by atoms with Gasteiger partial charge in [-0.2, -0.15) is 0 Å². The summed E-state index contributed by atoms with van der Waals surface area (Å²) in [6, 6.07) is 5.71. The Balaban J connectivity index is 2.21. The van der Waals surface area contributed by atoms with Crippen molar-refractivity contribution in [2.75, 3.05) is 0 Å². The van der Waals surface area contributed by atoms with E-state index in [4.69, 9.17) is 5.11 Å². The van der Waals surface area contributed by atoms with Crippen molar-refractivity contribution >= 4 is 11.7 Å². The topological polar surface area (TPSA) is 124 Å². The number of rotatable bonds is 4. The number of tetrazole rings is 1. The molecule has 1 aromatic carbocycles. The molecule has 0 atom stereocenters. The van der Waals surface area contributed by atoms with E-state index >= 15 is 0 Å². The van der Waals surface area contributed by atoms with Crippen molar-refractivity contribution in [2.24, 2.45) is 0 Å². The van der Waals surface area contributed by atoms with Gasteiger partial charge in [0.05, 0.1) is 11.5 Å². The minimum atomic E-state index is -1.23. The number of nitro groups is 1. The monoisotopic (exact) mass is 249 g/mol. The van der Waals surface area contributed by atoms with Gasteiger partial charge in [0.25, 0.3) is 11.5 Å².